The summed E-state index contributed by atoms with van der Waals surface area (Å²) in [7, 11) is 0. The van der Waals surface area contributed by atoms with E-state index in [0.29, 0.717) is 30.8 Å². The summed E-state index contributed by atoms with van der Waals surface area (Å²) in [6.45, 7) is 2.38. The zero-order valence-electron chi connectivity index (χ0n) is 11.2. The smallest absolute Gasteiger partial charge is 0.306 e. The van der Waals surface area contributed by atoms with Crippen molar-refractivity contribution >= 4 is 5.97 Å². The molecule has 5 heteroatoms. The minimum Gasteiger partial charge on any atom is -0.507 e. The number of ether oxygens (including phenoxy) is 3. The summed E-state index contributed by atoms with van der Waals surface area (Å²) in [4.78, 5) is 11.5. The quantitative estimate of drug-likeness (QED) is 0.794. The third-order valence-electron chi connectivity index (χ3n) is 4.52. The lowest BCUT2D eigenvalue weighted by atomic mass is 9.82. The molecule has 0 amide bonds. The van der Waals surface area contributed by atoms with E-state index in [1.807, 2.05) is 13.0 Å². The predicted molar refractivity (Wildman–Crippen MR) is 68.4 cm³/mol. The molecule has 0 saturated carbocycles. The van der Waals surface area contributed by atoms with Gasteiger partial charge in [0, 0.05) is 12.3 Å². The molecule has 2 fully saturated rings. The molecular weight excluding hydrogens is 260 g/mol. The average Bonchev–Trinajstić information content (AvgIpc) is 2.91. The van der Waals surface area contributed by atoms with Crippen LogP contribution in [-0.4, -0.2) is 29.4 Å². The maximum absolute atomic E-state index is 11.5. The molecule has 0 aromatic heterocycles. The van der Waals surface area contributed by atoms with Crippen LogP contribution < -0.4 is 4.74 Å². The molecule has 0 aliphatic carbocycles. The van der Waals surface area contributed by atoms with Gasteiger partial charge in [-0.05, 0) is 12.1 Å². The van der Waals surface area contributed by atoms with Gasteiger partial charge in [0.25, 0.3) is 0 Å². The molecule has 1 aromatic carbocycles. The lowest BCUT2D eigenvalue weighted by Gasteiger charge is -2.38. The number of hydrogen-bond donors (Lipinski definition) is 1. The van der Waals surface area contributed by atoms with Gasteiger partial charge in [0.2, 0.25) is 0 Å². The summed E-state index contributed by atoms with van der Waals surface area (Å²) >= 11 is 0. The number of rotatable bonds is 1. The van der Waals surface area contributed by atoms with Gasteiger partial charge in [-0.25, -0.2) is 0 Å². The molecule has 1 aromatic rings. The van der Waals surface area contributed by atoms with Crippen molar-refractivity contribution in [2.24, 2.45) is 5.92 Å². The number of fused-ring (bicyclic) bond motifs is 4. The van der Waals surface area contributed by atoms with E-state index in [1.165, 1.54) is 0 Å². The Morgan fingerprint density at radius 2 is 2.25 bits per heavy atom. The summed E-state index contributed by atoms with van der Waals surface area (Å²) in [6.07, 6.45) is 0.565. The largest absolute Gasteiger partial charge is 0.507 e. The van der Waals surface area contributed by atoms with E-state index in [-0.39, 0.29) is 29.8 Å². The lowest BCUT2D eigenvalue weighted by Crippen LogP contribution is -2.51. The molecule has 0 unspecified atom stereocenters. The van der Waals surface area contributed by atoms with E-state index in [9.17, 15) is 9.90 Å². The number of hydrogen-bond acceptors (Lipinski definition) is 5. The fourth-order valence-corrected chi connectivity index (χ4v) is 3.65. The molecule has 1 N–H and O–H groups in total. The molecule has 0 radical (unpaired) electrons. The van der Waals surface area contributed by atoms with Crippen LogP contribution in [0.25, 0.3) is 0 Å². The summed E-state index contributed by atoms with van der Waals surface area (Å²) in [5, 5.41) is 9.97. The molecular formula is C15H16O5. The maximum Gasteiger partial charge on any atom is 0.306 e. The minimum atomic E-state index is -0.614. The fourth-order valence-electron chi connectivity index (χ4n) is 3.65. The van der Waals surface area contributed by atoms with E-state index in [2.05, 4.69) is 0 Å². The van der Waals surface area contributed by atoms with Gasteiger partial charge in [-0.2, -0.15) is 0 Å². The Bertz CT molecular complexity index is 584. The van der Waals surface area contributed by atoms with Crippen molar-refractivity contribution in [2.45, 2.75) is 37.6 Å². The Kier molecular flexibility index (Phi) is 2.33. The van der Waals surface area contributed by atoms with E-state index < -0.39 is 5.60 Å². The van der Waals surface area contributed by atoms with Crippen LogP contribution in [0.5, 0.6) is 11.5 Å². The number of carbonyl (C=O) groups is 1. The number of phenolic OH excluding ortho intramolecular Hbond substituents is 1. The van der Waals surface area contributed by atoms with Crippen LogP contribution in [0.3, 0.4) is 0 Å². The van der Waals surface area contributed by atoms with E-state index >= 15 is 0 Å². The number of phenols is 1. The molecule has 3 aliphatic rings. The van der Waals surface area contributed by atoms with E-state index in [1.54, 1.807) is 12.1 Å². The van der Waals surface area contributed by atoms with Gasteiger partial charge in [-0.1, -0.05) is 13.0 Å². The molecule has 2 saturated heterocycles. The monoisotopic (exact) mass is 276 g/mol. The van der Waals surface area contributed by atoms with E-state index in [0.717, 1.165) is 0 Å². The molecule has 5 nitrogen and oxygen atoms in total. The second-order valence-corrected chi connectivity index (χ2v) is 5.95. The van der Waals surface area contributed by atoms with Gasteiger partial charge in [-0.15, -0.1) is 0 Å². The van der Waals surface area contributed by atoms with Crippen molar-refractivity contribution < 1.29 is 24.1 Å². The van der Waals surface area contributed by atoms with Crippen molar-refractivity contribution in [3.8, 4) is 11.5 Å². The van der Waals surface area contributed by atoms with Crippen LogP contribution in [0.1, 0.15) is 31.4 Å². The summed E-state index contributed by atoms with van der Waals surface area (Å²) in [5.41, 5.74) is 0.0921. The Morgan fingerprint density at radius 3 is 3.00 bits per heavy atom. The lowest BCUT2D eigenvalue weighted by molar-refractivity contribution is -0.151. The third-order valence-corrected chi connectivity index (χ3v) is 4.52. The van der Waals surface area contributed by atoms with Crippen molar-refractivity contribution in [2.75, 3.05) is 6.61 Å². The fraction of sp³-hybridized carbons (Fsp3) is 0.533. The van der Waals surface area contributed by atoms with Gasteiger partial charge in [0.15, 0.2) is 5.60 Å². The predicted octanol–water partition coefficient (Wildman–Crippen LogP) is 1.94. The number of carbonyl (C=O) groups excluding carboxylic acids is 1. The number of benzene rings is 1. The first-order valence-electron chi connectivity index (χ1n) is 6.91. The highest BCUT2D eigenvalue weighted by molar-refractivity contribution is 5.72. The molecule has 20 heavy (non-hydrogen) atoms. The highest BCUT2D eigenvalue weighted by Gasteiger charge is 2.58. The summed E-state index contributed by atoms with van der Waals surface area (Å²) in [6, 6.07) is 5.21. The van der Waals surface area contributed by atoms with Crippen molar-refractivity contribution in [1.29, 1.82) is 0 Å². The maximum atomic E-state index is 11.5. The van der Waals surface area contributed by atoms with Crippen LogP contribution in [0.2, 0.25) is 0 Å². The number of aromatic hydroxyl groups is 1. The summed E-state index contributed by atoms with van der Waals surface area (Å²) < 4.78 is 17.4. The van der Waals surface area contributed by atoms with Crippen LogP contribution >= 0.6 is 0 Å². The van der Waals surface area contributed by atoms with Crippen molar-refractivity contribution in [3.05, 3.63) is 23.8 Å². The Balaban J connectivity index is 1.75. The molecule has 3 aliphatic heterocycles. The first-order chi connectivity index (χ1) is 9.59. The minimum absolute atomic E-state index is 0.115. The van der Waals surface area contributed by atoms with Crippen LogP contribution in [-0.2, 0) is 14.3 Å². The van der Waals surface area contributed by atoms with Gasteiger partial charge >= 0.3 is 5.97 Å². The van der Waals surface area contributed by atoms with Gasteiger partial charge in [0.05, 0.1) is 24.7 Å². The topological polar surface area (TPSA) is 65.0 Å². The molecule has 2 bridgehead atoms. The van der Waals surface area contributed by atoms with Crippen LogP contribution in [0.15, 0.2) is 18.2 Å². The number of esters is 1. The third kappa shape index (κ3) is 1.50. The normalized spacial score (nSPS) is 38.2. The van der Waals surface area contributed by atoms with Crippen molar-refractivity contribution in [1.82, 2.24) is 0 Å². The first kappa shape index (κ1) is 12.0. The highest BCUT2D eigenvalue weighted by atomic mass is 16.6. The first-order valence-corrected chi connectivity index (χ1v) is 6.91. The van der Waals surface area contributed by atoms with Crippen LogP contribution in [0, 0.1) is 5.92 Å². The van der Waals surface area contributed by atoms with Crippen molar-refractivity contribution in [3.63, 3.8) is 0 Å². The molecule has 0 spiro atoms. The van der Waals surface area contributed by atoms with Gasteiger partial charge < -0.3 is 19.3 Å². The van der Waals surface area contributed by atoms with Gasteiger partial charge in [-0.3, -0.25) is 4.79 Å². The van der Waals surface area contributed by atoms with E-state index in [4.69, 9.17) is 14.2 Å². The standard InChI is InChI=1S/C15H16O5/c1-8-5-12(17)19-14(8)15-6-11(18-7-15)13-9(16)3-2-4-10(13)20-15/h2-4,8,11,14,16H,5-7H2,1H3/t8-,11-,14-,15-/m0/s1. The Hall–Kier alpha value is -1.75. The second-order valence-electron chi connectivity index (χ2n) is 5.95. The Morgan fingerprint density at radius 1 is 1.40 bits per heavy atom. The molecule has 3 heterocycles. The van der Waals surface area contributed by atoms with Gasteiger partial charge in [0.1, 0.15) is 17.6 Å². The summed E-state index contributed by atoms with van der Waals surface area (Å²) in [5.74, 6) is 0.766. The molecule has 106 valence electrons. The second kappa shape index (κ2) is 3.88. The molecule has 4 atom stereocenters. The average molecular weight is 276 g/mol. The SMILES string of the molecule is C[C@H]1CC(=O)O[C@@H]1[C@@]12CO[C@@H](C1)c1c(O)cccc1O2. The Labute approximate surface area is 116 Å². The zero-order chi connectivity index (χ0) is 13.9. The number of cyclic esters (lactones) is 1. The molecule has 4 rings (SSSR count). The zero-order valence-corrected chi connectivity index (χ0v) is 11.2. The highest BCUT2D eigenvalue weighted by Crippen LogP contribution is 2.53. The van der Waals surface area contributed by atoms with Crippen LogP contribution in [0.4, 0.5) is 0 Å².